The maximum absolute atomic E-state index is 12.7. The highest BCUT2D eigenvalue weighted by Gasteiger charge is 2.32. The molecule has 0 radical (unpaired) electrons. The van der Waals surface area contributed by atoms with Crippen molar-refractivity contribution in [3.05, 3.63) is 46.7 Å². The predicted molar refractivity (Wildman–Crippen MR) is 75.6 cm³/mol. The van der Waals surface area contributed by atoms with Crippen LogP contribution in [0.15, 0.2) is 30.6 Å². The van der Waals surface area contributed by atoms with E-state index in [0.29, 0.717) is 17.3 Å². The van der Waals surface area contributed by atoms with Gasteiger partial charge in [-0.15, -0.1) is 0 Å². The minimum absolute atomic E-state index is 0.364. The van der Waals surface area contributed by atoms with E-state index in [2.05, 4.69) is 10.4 Å². The van der Waals surface area contributed by atoms with Crippen LogP contribution >= 0.6 is 11.6 Å². The van der Waals surface area contributed by atoms with Gasteiger partial charge in [-0.3, -0.25) is 0 Å². The molecule has 1 N–H and O–H groups in total. The molecule has 0 aliphatic carbocycles. The van der Waals surface area contributed by atoms with Gasteiger partial charge in [0.1, 0.15) is 0 Å². The summed E-state index contributed by atoms with van der Waals surface area (Å²) in [6.07, 6.45) is -1.70. The Morgan fingerprint density at radius 2 is 2.10 bits per heavy atom. The van der Waals surface area contributed by atoms with Gasteiger partial charge in [0.2, 0.25) is 0 Å². The summed E-state index contributed by atoms with van der Waals surface area (Å²) in [7, 11) is 0. The lowest BCUT2D eigenvalue weighted by Crippen LogP contribution is -2.16. The molecule has 0 aliphatic heterocycles. The van der Waals surface area contributed by atoms with Crippen molar-refractivity contribution in [2.45, 2.75) is 26.1 Å². The monoisotopic (exact) mass is 317 g/mol. The molecular weight excluding hydrogens is 303 g/mol. The van der Waals surface area contributed by atoms with E-state index in [0.717, 1.165) is 30.9 Å². The summed E-state index contributed by atoms with van der Waals surface area (Å²) < 4.78 is 39.2. The molecule has 7 heteroatoms. The SMILES string of the molecule is CCCNCc1cccc(Cl)c1-n1cc(C(F)(F)F)cn1. The van der Waals surface area contributed by atoms with E-state index in [1.54, 1.807) is 12.1 Å². The normalized spacial score (nSPS) is 11.9. The number of nitrogens with one attached hydrogen (secondary N) is 1. The number of halogens is 4. The molecule has 0 amide bonds. The zero-order valence-corrected chi connectivity index (χ0v) is 12.2. The van der Waals surface area contributed by atoms with Gasteiger partial charge in [0.05, 0.1) is 22.5 Å². The average Bonchev–Trinajstić information content (AvgIpc) is 2.88. The fraction of sp³-hybridized carbons (Fsp3) is 0.357. The Morgan fingerprint density at radius 3 is 2.71 bits per heavy atom. The Kier molecular flexibility index (Phi) is 4.90. The van der Waals surface area contributed by atoms with Crippen LogP contribution in [-0.4, -0.2) is 16.3 Å². The van der Waals surface area contributed by atoms with Crippen LogP contribution in [0.3, 0.4) is 0 Å². The maximum atomic E-state index is 12.7. The second-order valence-electron chi connectivity index (χ2n) is 4.60. The summed E-state index contributed by atoms with van der Waals surface area (Å²) in [4.78, 5) is 0. The highest BCUT2D eigenvalue weighted by Crippen LogP contribution is 2.31. The molecule has 1 aromatic carbocycles. The number of rotatable bonds is 5. The number of benzene rings is 1. The fourth-order valence-corrected chi connectivity index (χ4v) is 2.23. The third-order valence-corrected chi connectivity index (χ3v) is 3.26. The van der Waals surface area contributed by atoms with Gasteiger partial charge in [0.25, 0.3) is 0 Å². The number of nitrogens with zero attached hydrogens (tertiary/aromatic N) is 2. The summed E-state index contributed by atoms with van der Waals surface area (Å²) in [5, 5.41) is 7.35. The first-order valence-electron chi connectivity index (χ1n) is 6.54. The summed E-state index contributed by atoms with van der Waals surface area (Å²) in [6.45, 7) is 3.37. The molecular formula is C14H15ClF3N3. The largest absolute Gasteiger partial charge is 0.419 e. The van der Waals surface area contributed by atoms with Crippen molar-refractivity contribution in [1.29, 1.82) is 0 Å². The van der Waals surface area contributed by atoms with Crippen molar-refractivity contribution in [3.8, 4) is 5.69 Å². The van der Waals surface area contributed by atoms with Crippen LogP contribution in [0.2, 0.25) is 5.02 Å². The summed E-state index contributed by atoms with van der Waals surface area (Å²) in [5.41, 5.74) is 0.473. The molecule has 0 unspecified atom stereocenters. The first-order valence-corrected chi connectivity index (χ1v) is 6.91. The molecule has 1 heterocycles. The molecule has 1 aromatic heterocycles. The van der Waals surface area contributed by atoms with Crippen LogP contribution in [0.1, 0.15) is 24.5 Å². The zero-order valence-electron chi connectivity index (χ0n) is 11.4. The molecule has 2 aromatic rings. The lowest BCUT2D eigenvalue weighted by Gasteiger charge is -2.12. The van der Waals surface area contributed by atoms with Gasteiger partial charge in [-0.05, 0) is 24.6 Å². The van der Waals surface area contributed by atoms with E-state index < -0.39 is 11.7 Å². The highest BCUT2D eigenvalue weighted by molar-refractivity contribution is 6.32. The van der Waals surface area contributed by atoms with Gasteiger partial charge in [0.15, 0.2) is 0 Å². The minimum atomic E-state index is -4.42. The van der Waals surface area contributed by atoms with E-state index in [9.17, 15) is 13.2 Å². The van der Waals surface area contributed by atoms with E-state index in [1.165, 1.54) is 4.68 Å². The molecule has 114 valence electrons. The van der Waals surface area contributed by atoms with Crippen LogP contribution in [0.25, 0.3) is 5.69 Å². The molecule has 0 spiro atoms. The van der Waals surface area contributed by atoms with Gasteiger partial charge in [0, 0.05) is 12.7 Å². The average molecular weight is 318 g/mol. The molecule has 0 bridgehead atoms. The zero-order chi connectivity index (χ0) is 15.5. The lowest BCUT2D eigenvalue weighted by atomic mass is 10.1. The van der Waals surface area contributed by atoms with Crippen molar-refractivity contribution in [2.24, 2.45) is 0 Å². The van der Waals surface area contributed by atoms with Crippen LogP contribution in [-0.2, 0) is 12.7 Å². The maximum Gasteiger partial charge on any atom is 0.419 e. The van der Waals surface area contributed by atoms with Crippen LogP contribution < -0.4 is 5.32 Å². The van der Waals surface area contributed by atoms with Crippen molar-refractivity contribution in [3.63, 3.8) is 0 Å². The molecule has 2 rings (SSSR count). The van der Waals surface area contributed by atoms with Crippen molar-refractivity contribution in [2.75, 3.05) is 6.54 Å². The van der Waals surface area contributed by atoms with E-state index in [4.69, 9.17) is 11.6 Å². The topological polar surface area (TPSA) is 29.9 Å². The highest BCUT2D eigenvalue weighted by atomic mass is 35.5. The van der Waals surface area contributed by atoms with Crippen molar-refractivity contribution < 1.29 is 13.2 Å². The standard InChI is InChI=1S/C14H15ClF3N3/c1-2-6-19-7-10-4-3-5-12(15)13(10)21-9-11(8-20-21)14(16,17)18/h3-5,8-9,19H,2,6-7H2,1H3. The Bertz CT molecular complexity index is 608. The van der Waals surface area contributed by atoms with Crippen LogP contribution in [0.4, 0.5) is 13.2 Å². The molecule has 0 saturated heterocycles. The summed E-state index contributed by atoms with van der Waals surface area (Å²) in [6, 6.07) is 5.22. The van der Waals surface area contributed by atoms with E-state index in [-0.39, 0.29) is 0 Å². The summed E-state index contributed by atoms with van der Waals surface area (Å²) in [5.74, 6) is 0. The predicted octanol–water partition coefficient (Wildman–Crippen LogP) is 4.04. The molecule has 0 saturated carbocycles. The minimum Gasteiger partial charge on any atom is -0.313 e. The Morgan fingerprint density at radius 1 is 1.33 bits per heavy atom. The molecule has 0 atom stereocenters. The van der Waals surface area contributed by atoms with Gasteiger partial charge in [-0.1, -0.05) is 30.7 Å². The van der Waals surface area contributed by atoms with Gasteiger partial charge < -0.3 is 5.32 Å². The van der Waals surface area contributed by atoms with E-state index in [1.807, 2.05) is 13.0 Å². The van der Waals surface area contributed by atoms with Crippen LogP contribution in [0.5, 0.6) is 0 Å². The molecule has 3 nitrogen and oxygen atoms in total. The van der Waals surface area contributed by atoms with Gasteiger partial charge in [-0.2, -0.15) is 18.3 Å². The van der Waals surface area contributed by atoms with Gasteiger partial charge in [-0.25, -0.2) is 4.68 Å². The Labute approximate surface area is 125 Å². The summed E-state index contributed by atoms with van der Waals surface area (Å²) >= 11 is 6.13. The number of aromatic nitrogens is 2. The smallest absolute Gasteiger partial charge is 0.313 e. The first-order chi connectivity index (χ1) is 9.93. The second kappa shape index (κ2) is 6.49. The third kappa shape index (κ3) is 3.77. The third-order valence-electron chi connectivity index (χ3n) is 2.95. The van der Waals surface area contributed by atoms with Crippen molar-refractivity contribution >= 4 is 11.6 Å². The molecule has 0 fully saturated rings. The number of alkyl halides is 3. The number of hydrogen-bond donors (Lipinski definition) is 1. The van der Waals surface area contributed by atoms with Gasteiger partial charge >= 0.3 is 6.18 Å². The van der Waals surface area contributed by atoms with Crippen molar-refractivity contribution in [1.82, 2.24) is 15.1 Å². The Balaban J connectivity index is 2.36. The second-order valence-corrected chi connectivity index (χ2v) is 5.00. The molecule has 0 aliphatic rings. The Hall–Kier alpha value is -1.53. The molecule has 21 heavy (non-hydrogen) atoms. The quantitative estimate of drug-likeness (QED) is 0.843. The number of hydrogen-bond acceptors (Lipinski definition) is 2. The van der Waals surface area contributed by atoms with Crippen LogP contribution in [0, 0.1) is 0 Å². The fourth-order valence-electron chi connectivity index (χ4n) is 1.95. The first kappa shape index (κ1) is 15.9. The lowest BCUT2D eigenvalue weighted by molar-refractivity contribution is -0.137. The number of para-hydroxylation sites is 1. The van der Waals surface area contributed by atoms with E-state index >= 15 is 0 Å².